The molecule has 0 saturated carbocycles. The molecule has 0 aliphatic carbocycles. The highest BCUT2D eigenvalue weighted by molar-refractivity contribution is 6.10. The van der Waals surface area contributed by atoms with Crippen LogP contribution in [0, 0.1) is 0 Å². The highest BCUT2D eigenvalue weighted by Crippen LogP contribution is 2.39. The van der Waals surface area contributed by atoms with Gasteiger partial charge >= 0.3 is 5.97 Å². The maximum Gasteiger partial charge on any atom is 0.323 e. The van der Waals surface area contributed by atoms with Crippen molar-refractivity contribution in [2.45, 2.75) is 38.8 Å². The fraction of sp³-hybridized carbons (Fsp3) is 0.423. The maximum atomic E-state index is 12.6. The number of hydrogen-bond donors (Lipinski definition) is 0. The van der Waals surface area contributed by atoms with E-state index < -0.39 is 0 Å². The Morgan fingerprint density at radius 3 is 2.44 bits per heavy atom. The Kier molecular flexibility index (Phi) is 6.70. The molecule has 1 saturated heterocycles. The summed E-state index contributed by atoms with van der Waals surface area (Å²) >= 11 is 0. The second-order valence-electron chi connectivity index (χ2n) is 8.11. The van der Waals surface area contributed by atoms with Crippen LogP contribution < -0.4 is 14.2 Å². The van der Waals surface area contributed by atoms with E-state index >= 15 is 0 Å². The summed E-state index contributed by atoms with van der Waals surface area (Å²) in [4.78, 5) is 14.9. The van der Waals surface area contributed by atoms with Gasteiger partial charge in [-0.1, -0.05) is 12.5 Å². The molecule has 1 aliphatic rings. The van der Waals surface area contributed by atoms with E-state index in [0.717, 1.165) is 53.1 Å². The predicted molar refractivity (Wildman–Crippen MR) is 126 cm³/mol. The third kappa shape index (κ3) is 4.19. The first-order valence-corrected chi connectivity index (χ1v) is 11.2. The molecule has 32 heavy (non-hydrogen) atoms. The van der Waals surface area contributed by atoms with Gasteiger partial charge in [-0.25, -0.2) is 0 Å². The third-order valence-electron chi connectivity index (χ3n) is 6.29. The van der Waals surface area contributed by atoms with Crippen LogP contribution in [-0.4, -0.2) is 51.4 Å². The minimum absolute atomic E-state index is 0.120. The Balaban J connectivity index is 1.85. The molecule has 4 rings (SSSR count). The lowest BCUT2D eigenvalue weighted by molar-refractivity contribution is -0.151. The molecule has 1 unspecified atom stereocenters. The molecule has 6 heteroatoms. The maximum absolute atomic E-state index is 12.6. The van der Waals surface area contributed by atoms with Crippen molar-refractivity contribution < 1.29 is 23.7 Å². The fourth-order valence-corrected chi connectivity index (χ4v) is 4.70. The molecule has 0 radical (unpaired) electrons. The van der Waals surface area contributed by atoms with Gasteiger partial charge in [-0.3, -0.25) is 9.69 Å². The van der Waals surface area contributed by atoms with Crippen molar-refractivity contribution in [3.63, 3.8) is 0 Å². The summed E-state index contributed by atoms with van der Waals surface area (Å²) in [7, 11) is 4.97. The molecule has 0 spiro atoms. The number of carbonyl (C=O) groups is 1. The molecule has 170 valence electrons. The van der Waals surface area contributed by atoms with E-state index in [1.807, 2.05) is 25.1 Å². The van der Waals surface area contributed by atoms with Gasteiger partial charge in [0.15, 0.2) is 11.5 Å². The largest absolute Gasteiger partial charge is 0.497 e. The van der Waals surface area contributed by atoms with E-state index in [2.05, 4.69) is 23.1 Å². The Morgan fingerprint density at radius 1 is 0.938 bits per heavy atom. The lowest BCUT2D eigenvalue weighted by Gasteiger charge is -2.34. The Morgan fingerprint density at radius 2 is 1.72 bits per heavy atom. The van der Waals surface area contributed by atoms with Gasteiger partial charge in [0.05, 0.1) is 27.9 Å². The Hall–Kier alpha value is -2.99. The summed E-state index contributed by atoms with van der Waals surface area (Å²) < 4.78 is 22.0. The van der Waals surface area contributed by atoms with Gasteiger partial charge in [0.25, 0.3) is 0 Å². The molecule has 1 aliphatic heterocycles. The molecule has 3 aromatic carbocycles. The number of likely N-dealkylation sites (tertiary alicyclic amines) is 1. The zero-order valence-corrected chi connectivity index (χ0v) is 19.3. The van der Waals surface area contributed by atoms with E-state index in [4.69, 9.17) is 18.9 Å². The highest BCUT2D eigenvalue weighted by atomic mass is 16.5. The van der Waals surface area contributed by atoms with E-state index in [-0.39, 0.29) is 12.0 Å². The lowest BCUT2D eigenvalue weighted by atomic mass is 9.94. The second kappa shape index (κ2) is 9.65. The van der Waals surface area contributed by atoms with Crippen molar-refractivity contribution >= 4 is 27.5 Å². The van der Waals surface area contributed by atoms with Crippen molar-refractivity contribution in [2.75, 3.05) is 34.5 Å². The van der Waals surface area contributed by atoms with Crippen molar-refractivity contribution in [3.8, 4) is 17.2 Å². The van der Waals surface area contributed by atoms with Gasteiger partial charge in [0.2, 0.25) is 0 Å². The normalized spacial score (nSPS) is 16.8. The van der Waals surface area contributed by atoms with Gasteiger partial charge in [-0.15, -0.1) is 0 Å². The van der Waals surface area contributed by atoms with Crippen LogP contribution in [0.25, 0.3) is 21.5 Å². The molecular weight excluding hydrogens is 406 g/mol. The van der Waals surface area contributed by atoms with E-state index in [1.54, 1.807) is 21.3 Å². The number of hydrogen-bond acceptors (Lipinski definition) is 6. The molecule has 3 aromatic rings. The van der Waals surface area contributed by atoms with Crippen LogP contribution in [0.2, 0.25) is 0 Å². The number of esters is 1. The molecule has 0 amide bonds. The minimum Gasteiger partial charge on any atom is -0.497 e. The quantitative estimate of drug-likeness (QED) is 0.386. The number of nitrogens with zero attached hydrogens (tertiary/aromatic N) is 1. The summed E-state index contributed by atoms with van der Waals surface area (Å²) in [6, 6.07) is 12.2. The van der Waals surface area contributed by atoms with Gasteiger partial charge in [-0.05, 0) is 83.8 Å². The number of carbonyl (C=O) groups excluding carboxylic acids is 1. The Labute approximate surface area is 189 Å². The molecule has 0 bridgehead atoms. The molecular formula is C26H31NO5. The molecule has 1 heterocycles. The van der Waals surface area contributed by atoms with Gasteiger partial charge < -0.3 is 18.9 Å². The van der Waals surface area contributed by atoms with Crippen LogP contribution in [0.1, 0.15) is 31.7 Å². The van der Waals surface area contributed by atoms with E-state index in [9.17, 15) is 4.79 Å². The number of fused-ring (bicyclic) bond motifs is 3. The average molecular weight is 438 g/mol. The Bertz CT molecular complexity index is 1130. The summed E-state index contributed by atoms with van der Waals surface area (Å²) in [5.41, 5.74) is 1.17. The van der Waals surface area contributed by atoms with Gasteiger partial charge in [0.1, 0.15) is 11.8 Å². The molecule has 1 atom stereocenters. The fourth-order valence-electron chi connectivity index (χ4n) is 4.70. The summed E-state index contributed by atoms with van der Waals surface area (Å²) in [5, 5.41) is 4.35. The smallest absolute Gasteiger partial charge is 0.323 e. The highest BCUT2D eigenvalue weighted by Gasteiger charge is 2.30. The van der Waals surface area contributed by atoms with Crippen molar-refractivity contribution in [1.29, 1.82) is 0 Å². The molecule has 1 fully saturated rings. The predicted octanol–water partition coefficient (Wildman–Crippen LogP) is 4.94. The summed E-state index contributed by atoms with van der Waals surface area (Å²) in [5.74, 6) is 2.06. The summed E-state index contributed by atoms with van der Waals surface area (Å²) in [6.07, 6.45) is 2.97. The zero-order valence-electron chi connectivity index (χ0n) is 19.3. The van der Waals surface area contributed by atoms with Crippen molar-refractivity contribution in [1.82, 2.24) is 4.90 Å². The average Bonchev–Trinajstić information content (AvgIpc) is 2.83. The summed E-state index contributed by atoms with van der Waals surface area (Å²) in [6.45, 7) is 3.82. The van der Waals surface area contributed by atoms with Gasteiger partial charge in [0, 0.05) is 6.54 Å². The molecule has 0 aromatic heterocycles. The number of methoxy groups -OCH3 is 3. The molecule has 0 N–H and O–H groups in total. The van der Waals surface area contributed by atoms with Crippen LogP contribution in [-0.2, 0) is 16.1 Å². The van der Waals surface area contributed by atoms with Gasteiger partial charge in [-0.2, -0.15) is 0 Å². The first kappa shape index (κ1) is 22.2. The third-order valence-corrected chi connectivity index (χ3v) is 6.29. The lowest BCUT2D eigenvalue weighted by Crippen LogP contribution is -2.45. The molecule has 6 nitrogen and oxygen atoms in total. The van der Waals surface area contributed by atoms with E-state index in [0.29, 0.717) is 24.7 Å². The van der Waals surface area contributed by atoms with Crippen LogP contribution in [0.15, 0.2) is 36.4 Å². The van der Waals surface area contributed by atoms with Crippen LogP contribution in [0.4, 0.5) is 0 Å². The van der Waals surface area contributed by atoms with Crippen LogP contribution >= 0.6 is 0 Å². The van der Waals surface area contributed by atoms with Crippen LogP contribution in [0.3, 0.4) is 0 Å². The zero-order chi connectivity index (χ0) is 22.7. The topological polar surface area (TPSA) is 57.2 Å². The monoisotopic (exact) mass is 437 g/mol. The number of piperidine rings is 1. The second-order valence-corrected chi connectivity index (χ2v) is 8.11. The first-order valence-electron chi connectivity index (χ1n) is 11.2. The van der Waals surface area contributed by atoms with Crippen molar-refractivity contribution in [2.24, 2.45) is 0 Å². The SMILES string of the molecule is CCOC(=O)C1CCCCN1Cc1cc2cc(OC)c(OC)cc2c2cc(OC)ccc12. The number of rotatable bonds is 7. The van der Waals surface area contributed by atoms with Crippen molar-refractivity contribution in [3.05, 3.63) is 42.0 Å². The minimum atomic E-state index is -0.196. The first-order chi connectivity index (χ1) is 15.6. The van der Waals surface area contributed by atoms with E-state index in [1.165, 1.54) is 5.56 Å². The number of benzene rings is 3. The standard InChI is InChI=1S/C26H31NO5/c1-5-32-26(28)23-8-6-7-11-27(23)16-18-12-17-13-24(30-3)25(31-4)15-21(17)22-14-19(29-2)9-10-20(18)22/h9-10,12-15,23H,5-8,11,16H2,1-4H3. The van der Waals surface area contributed by atoms with Crippen LogP contribution in [0.5, 0.6) is 17.2 Å². The number of ether oxygens (including phenoxy) is 4.